The maximum Gasteiger partial charge on any atom is 0.255 e. The first-order chi connectivity index (χ1) is 10.5. The predicted molar refractivity (Wildman–Crippen MR) is 80.1 cm³/mol. The molecule has 0 unspecified atom stereocenters. The van der Waals surface area contributed by atoms with Gasteiger partial charge in [-0.1, -0.05) is 0 Å². The third-order valence-corrected chi connectivity index (χ3v) is 4.94. The molecule has 1 aliphatic carbocycles. The first kappa shape index (κ1) is 15.0. The van der Waals surface area contributed by atoms with Gasteiger partial charge in [-0.3, -0.25) is 14.6 Å². The molecule has 6 N–H and O–H groups in total. The van der Waals surface area contributed by atoms with Gasteiger partial charge in [-0.15, -0.1) is 0 Å². The second kappa shape index (κ2) is 5.36. The Morgan fingerprint density at radius 1 is 1.41 bits per heavy atom. The van der Waals surface area contributed by atoms with Gasteiger partial charge in [0.05, 0.1) is 12.3 Å². The number of likely N-dealkylation sites (tertiary alicyclic amines) is 1. The molecule has 1 aromatic heterocycles. The molecule has 2 aliphatic rings. The van der Waals surface area contributed by atoms with Gasteiger partial charge in [-0.25, -0.2) is 4.98 Å². The first-order valence-electron chi connectivity index (χ1n) is 7.51. The number of nitrogens with zero attached hydrogens (tertiary/aromatic N) is 2. The van der Waals surface area contributed by atoms with Gasteiger partial charge < -0.3 is 21.5 Å². The molecule has 0 bridgehead atoms. The van der Waals surface area contributed by atoms with Crippen molar-refractivity contribution in [2.45, 2.75) is 37.1 Å². The number of aromatic nitrogens is 2. The monoisotopic (exact) mass is 307 g/mol. The van der Waals surface area contributed by atoms with Crippen LogP contribution in [0.1, 0.15) is 30.5 Å². The summed E-state index contributed by atoms with van der Waals surface area (Å²) >= 11 is 0. The number of carbonyl (C=O) groups is 1. The molecule has 2 heterocycles. The van der Waals surface area contributed by atoms with E-state index >= 15 is 0 Å². The molecular weight excluding hydrogens is 286 g/mol. The van der Waals surface area contributed by atoms with Crippen LogP contribution in [-0.2, 0) is 16.6 Å². The smallest absolute Gasteiger partial charge is 0.255 e. The first-order valence-corrected chi connectivity index (χ1v) is 7.51. The quantitative estimate of drug-likeness (QED) is 0.523. The Bertz CT molecular complexity index is 648. The highest BCUT2D eigenvalue weighted by Gasteiger charge is 2.44. The van der Waals surface area contributed by atoms with Gasteiger partial charge >= 0.3 is 0 Å². The molecule has 3 rings (SSSR count). The van der Waals surface area contributed by atoms with Crippen molar-refractivity contribution < 1.29 is 9.90 Å². The number of aromatic amines is 1. The van der Waals surface area contributed by atoms with Crippen LogP contribution in [0.2, 0.25) is 0 Å². The van der Waals surface area contributed by atoms with E-state index in [1.165, 1.54) is 0 Å². The minimum absolute atomic E-state index is 0.144. The van der Waals surface area contributed by atoms with Gasteiger partial charge in [0.25, 0.3) is 5.56 Å². The third kappa shape index (κ3) is 2.28. The minimum Gasteiger partial charge on any atom is -0.394 e. The number of amides is 1. The second-order valence-electron chi connectivity index (χ2n) is 6.17. The number of aliphatic hydroxyl groups is 1. The largest absolute Gasteiger partial charge is 0.394 e. The van der Waals surface area contributed by atoms with Crippen molar-refractivity contribution in [2.24, 2.45) is 5.73 Å². The predicted octanol–water partition coefficient (Wildman–Crippen LogP) is -1.52. The Labute approximate surface area is 127 Å². The van der Waals surface area contributed by atoms with Crippen LogP contribution >= 0.6 is 0 Å². The molecule has 8 heteroatoms. The summed E-state index contributed by atoms with van der Waals surface area (Å²) in [5.74, 6) is -0.0835. The summed E-state index contributed by atoms with van der Waals surface area (Å²) in [6.45, 7) is 0.761. The topological polar surface area (TPSA) is 138 Å². The number of piperidine rings is 1. The fourth-order valence-corrected chi connectivity index (χ4v) is 3.62. The summed E-state index contributed by atoms with van der Waals surface area (Å²) in [6, 6.07) is -0.860. The average Bonchev–Trinajstić information content (AvgIpc) is 2.85. The van der Waals surface area contributed by atoms with Gasteiger partial charge in [-0.05, 0) is 25.7 Å². The fourth-order valence-electron chi connectivity index (χ4n) is 3.62. The van der Waals surface area contributed by atoms with Crippen LogP contribution in [0.3, 0.4) is 0 Å². The normalized spacial score (nSPS) is 20.9. The highest BCUT2D eigenvalue weighted by Crippen LogP contribution is 2.44. The van der Waals surface area contributed by atoms with Crippen LogP contribution in [0, 0.1) is 0 Å². The van der Waals surface area contributed by atoms with Crippen LogP contribution < -0.4 is 17.0 Å². The molecule has 120 valence electrons. The number of rotatable bonds is 2. The summed E-state index contributed by atoms with van der Waals surface area (Å²) in [6.07, 6.45) is 3.03. The number of hydrogen-bond acceptors (Lipinski definition) is 6. The minimum atomic E-state index is -0.860. The van der Waals surface area contributed by atoms with E-state index in [0.717, 1.165) is 30.5 Å². The third-order valence-electron chi connectivity index (χ3n) is 4.94. The SMILES string of the molecule is Nc1nc2c(c(=O)[nH]1)CCC21CCN(C(=O)[C@@H](N)CO)CC1. The van der Waals surface area contributed by atoms with Gasteiger partial charge in [0, 0.05) is 24.1 Å². The molecule has 1 spiro atoms. The zero-order chi connectivity index (χ0) is 15.9. The lowest BCUT2D eigenvalue weighted by molar-refractivity contribution is -0.135. The van der Waals surface area contributed by atoms with Gasteiger partial charge in [0.1, 0.15) is 6.04 Å². The molecule has 22 heavy (non-hydrogen) atoms. The second-order valence-corrected chi connectivity index (χ2v) is 6.17. The molecule has 8 nitrogen and oxygen atoms in total. The fraction of sp³-hybridized carbons (Fsp3) is 0.643. The summed E-state index contributed by atoms with van der Waals surface area (Å²) in [5, 5.41) is 9.00. The number of nitrogen functional groups attached to an aromatic ring is 1. The zero-order valence-corrected chi connectivity index (χ0v) is 12.3. The van der Waals surface area contributed by atoms with Crippen molar-refractivity contribution in [1.82, 2.24) is 14.9 Å². The van der Waals surface area contributed by atoms with E-state index in [0.29, 0.717) is 19.5 Å². The van der Waals surface area contributed by atoms with E-state index < -0.39 is 6.04 Å². The maximum atomic E-state index is 12.0. The number of hydrogen-bond donors (Lipinski definition) is 4. The number of carbonyl (C=O) groups excluding carboxylic acids is 1. The molecule has 0 radical (unpaired) electrons. The Hall–Kier alpha value is -1.93. The number of H-pyrrole nitrogens is 1. The van der Waals surface area contributed by atoms with E-state index in [1.807, 2.05) is 0 Å². The van der Waals surface area contributed by atoms with Gasteiger partial charge in [0.2, 0.25) is 11.9 Å². The molecule has 0 saturated carbocycles. The number of fused-ring (bicyclic) bond motifs is 2. The number of aliphatic hydroxyl groups excluding tert-OH is 1. The molecular formula is C14H21N5O3. The average molecular weight is 307 g/mol. The van der Waals surface area contributed by atoms with Crippen molar-refractivity contribution in [1.29, 1.82) is 0 Å². The van der Waals surface area contributed by atoms with Crippen LogP contribution in [0.15, 0.2) is 4.79 Å². The lowest BCUT2D eigenvalue weighted by atomic mass is 9.76. The van der Waals surface area contributed by atoms with Crippen LogP contribution in [0.4, 0.5) is 5.95 Å². The Morgan fingerprint density at radius 2 is 2.09 bits per heavy atom. The summed E-state index contributed by atoms with van der Waals surface area (Å²) < 4.78 is 0. The van der Waals surface area contributed by atoms with E-state index in [-0.39, 0.29) is 29.4 Å². The van der Waals surface area contributed by atoms with Crippen molar-refractivity contribution in [3.63, 3.8) is 0 Å². The van der Waals surface area contributed by atoms with E-state index in [9.17, 15) is 9.59 Å². The molecule has 0 aromatic carbocycles. The maximum absolute atomic E-state index is 12.0. The van der Waals surface area contributed by atoms with Crippen molar-refractivity contribution in [2.75, 3.05) is 25.4 Å². The van der Waals surface area contributed by atoms with Crippen molar-refractivity contribution >= 4 is 11.9 Å². The molecule has 1 saturated heterocycles. The van der Waals surface area contributed by atoms with Gasteiger partial charge in [0.15, 0.2) is 0 Å². The summed E-state index contributed by atoms with van der Waals surface area (Å²) in [4.78, 5) is 32.6. The van der Waals surface area contributed by atoms with Crippen LogP contribution in [-0.4, -0.2) is 51.6 Å². The standard InChI is InChI=1S/C14H21N5O3/c15-9(7-20)12(22)19-5-3-14(4-6-19)2-1-8-10(14)17-13(16)18-11(8)21/h9,20H,1-7,15H2,(H3,16,17,18,21)/t9-/m0/s1. The highest BCUT2D eigenvalue weighted by atomic mass is 16.3. The molecule has 1 fully saturated rings. The Kier molecular flexibility index (Phi) is 3.65. The van der Waals surface area contributed by atoms with E-state index in [2.05, 4.69) is 9.97 Å². The van der Waals surface area contributed by atoms with Crippen LogP contribution in [0.5, 0.6) is 0 Å². The van der Waals surface area contributed by atoms with Crippen molar-refractivity contribution in [3.05, 3.63) is 21.6 Å². The molecule has 1 atom stereocenters. The number of anilines is 1. The lowest BCUT2D eigenvalue weighted by Crippen LogP contribution is -2.51. The van der Waals surface area contributed by atoms with Crippen LogP contribution in [0.25, 0.3) is 0 Å². The lowest BCUT2D eigenvalue weighted by Gasteiger charge is -2.40. The Balaban J connectivity index is 1.81. The van der Waals surface area contributed by atoms with E-state index in [1.54, 1.807) is 4.90 Å². The zero-order valence-electron chi connectivity index (χ0n) is 12.3. The molecule has 1 amide bonds. The molecule has 1 aromatic rings. The number of nitrogens with one attached hydrogen (secondary N) is 1. The van der Waals surface area contributed by atoms with E-state index in [4.69, 9.17) is 16.6 Å². The van der Waals surface area contributed by atoms with Crippen molar-refractivity contribution in [3.8, 4) is 0 Å². The summed E-state index contributed by atoms with van der Waals surface area (Å²) in [5.41, 5.74) is 12.5. The molecule has 1 aliphatic heterocycles. The summed E-state index contributed by atoms with van der Waals surface area (Å²) in [7, 11) is 0. The Morgan fingerprint density at radius 3 is 2.73 bits per heavy atom. The number of nitrogens with two attached hydrogens (primary N) is 2. The highest BCUT2D eigenvalue weighted by molar-refractivity contribution is 5.81. The van der Waals surface area contributed by atoms with Gasteiger partial charge in [-0.2, -0.15) is 0 Å².